The highest BCUT2D eigenvalue weighted by Gasteiger charge is 2.29. The smallest absolute Gasteiger partial charge is 0.348 e. The lowest BCUT2D eigenvalue weighted by Gasteiger charge is -2.07. The third kappa shape index (κ3) is 4.83. The van der Waals surface area contributed by atoms with Crippen molar-refractivity contribution >= 4 is 52.0 Å². The van der Waals surface area contributed by atoms with E-state index in [1.54, 1.807) is 54.6 Å². The largest absolute Gasteiger partial charge is 0.494 e. The van der Waals surface area contributed by atoms with E-state index in [-0.39, 0.29) is 28.6 Å². The Morgan fingerprint density at radius 2 is 1.73 bits per heavy atom. The minimum atomic E-state index is -0.626. The summed E-state index contributed by atoms with van der Waals surface area (Å²) in [6.45, 7) is 2.36. The predicted octanol–water partition coefficient (Wildman–Crippen LogP) is 8.64. The summed E-state index contributed by atoms with van der Waals surface area (Å²) in [5.74, 6) is 0.621. The molecule has 0 fully saturated rings. The van der Waals surface area contributed by atoms with E-state index in [0.717, 1.165) is 5.56 Å². The molecule has 2 heterocycles. The number of esters is 1. The minimum absolute atomic E-state index is 0.0957. The SMILES string of the molecule is CCOc1ccc2oc(-c3ccccc3)c(C(=O)Oc3ccc4c(c3)O/C(=C\c3ccc(Cl)cc3Cl)C4=O)c2c1. The third-order valence-corrected chi connectivity index (χ3v) is 6.87. The lowest BCUT2D eigenvalue weighted by Crippen LogP contribution is -2.09. The summed E-state index contributed by atoms with van der Waals surface area (Å²) < 4.78 is 23.4. The normalized spacial score (nSPS) is 13.4. The number of carbonyl (C=O) groups is 2. The van der Waals surface area contributed by atoms with E-state index >= 15 is 0 Å². The van der Waals surface area contributed by atoms with Crippen LogP contribution in [0.4, 0.5) is 0 Å². The van der Waals surface area contributed by atoms with Crippen LogP contribution in [-0.2, 0) is 0 Å². The maximum Gasteiger partial charge on any atom is 0.348 e. The van der Waals surface area contributed by atoms with Gasteiger partial charge in [0.25, 0.3) is 0 Å². The molecule has 5 aromatic rings. The second-order valence-corrected chi connectivity index (χ2v) is 9.76. The zero-order valence-corrected chi connectivity index (χ0v) is 22.6. The summed E-state index contributed by atoms with van der Waals surface area (Å²) in [6.07, 6.45) is 1.55. The summed E-state index contributed by atoms with van der Waals surface area (Å²) >= 11 is 12.2. The molecule has 0 unspecified atom stereocenters. The molecule has 0 aliphatic carbocycles. The van der Waals surface area contributed by atoms with Gasteiger partial charge in [0.05, 0.1) is 12.2 Å². The van der Waals surface area contributed by atoms with E-state index in [1.807, 2.05) is 37.3 Å². The van der Waals surface area contributed by atoms with E-state index in [4.69, 9.17) is 41.8 Å². The van der Waals surface area contributed by atoms with Gasteiger partial charge in [0, 0.05) is 27.1 Å². The first-order chi connectivity index (χ1) is 19.4. The number of hydrogen-bond acceptors (Lipinski definition) is 6. The first-order valence-electron chi connectivity index (χ1n) is 12.4. The van der Waals surface area contributed by atoms with E-state index in [0.29, 0.717) is 50.3 Å². The van der Waals surface area contributed by atoms with Crippen molar-refractivity contribution in [1.29, 1.82) is 0 Å². The quantitative estimate of drug-likeness (QED) is 0.115. The molecule has 6 rings (SSSR count). The Hall–Kier alpha value is -4.52. The zero-order chi connectivity index (χ0) is 27.8. The molecule has 0 spiro atoms. The summed E-state index contributed by atoms with van der Waals surface area (Å²) in [4.78, 5) is 26.6. The lowest BCUT2D eigenvalue weighted by molar-refractivity contribution is 0.0736. The number of allylic oxidation sites excluding steroid dienone is 1. The van der Waals surface area contributed by atoms with Gasteiger partial charge in [-0.3, -0.25) is 4.79 Å². The predicted molar refractivity (Wildman–Crippen MR) is 154 cm³/mol. The summed E-state index contributed by atoms with van der Waals surface area (Å²) in [5.41, 5.74) is 2.44. The van der Waals surface area contributed by atoms with E-state index in [2.05, 4.69) is 0 Å². The van der Waals surface area contributed by atoms with Gasteiger partial charge in [-0.25, -0.2) is 4.79 Å². The Kier molecular flexibility index (Phi) is 6.80. The Labute approximate surface area is 239 Å². The van der Waals surface area contributed by atoms with Crippen molar-refractivity contribution in [2.24, 2.45) is 0 Å². The van der Waals surface area contributed by atoms with Gasteiger partial charge in [-0.1, -0.05) is 59.6 Å². The first-order valence-corrected chi connectivity index (χ1v) is 13.2. The number of rotatable bonds is 6. The molecular formula is C32H20Cl2O6. The van der Waals surface area contributed by atoms with Crippen LogP contribution in [0.2, 0.25) is 10.0 Å². The Balaban J connectivity index is 1.33. The molecule has 1 aliphatic heterocycles. The zero-order valence-electron chi connectivity index (χ0n) is 21.1. The average molecular weight is 571 g/mol. The van der Waals surface area contributed by atoms with Crippen LogP contribution in [0, 0.1) is 0 Å². The van der Waals surface area contributed by atoms with Gasteiger partial charge in [0.1, 0.15) is 34.2 Å². The molecule has 1 aromatic heterocycles. The number of benzene rings is 4. The highest BCUT2D eigenvalue weighted by Crippen LogP contribution is 2.39. The second kappa shape index (κ2) is 10.6. The second-order valence-electron chi connectivity index (χ2n) is 8.92. The van der Waals surface area contributed by atoms with Gasteiger partial charge < -0.3 is 18.6 Å². The molecule has 0 saturated heterocycles. The molecule has 0 radical (unpaired) electrons. The van der Waals surface area contributed by atoms with Crippen LogP contribution in [0.15, 0.2) is 95.1 Å². The molecule has 0 atom stereocenters. The number of fused-ring (bicyclic) bond motifs is 2. The van der Waals surface area contributed by atoms with E-state index in [1.165, 1.54) is 6.07 Å². The van der Waals surface area contributed by atoms with Crippen LogP contribution in [-0.4, -0.2) is 18.4 Å². The third-order valence-electron chi connectivity index (χ3n) is 6.31. The van der Waals surface area contributed by atoms with Gasteiger partial charge in [0.15, 0.2) is 5.76 Å². The van der Waals surface area contributed by atoms with Gasteiger partial charge in [-0.15, -0.1) is 0 Å². The molecule has 198 valence electrons. The molecule has 1 aliphatic rings. The molecule has 0 saturated carbocycles. The molecule has 8 heteroatoms. The van der Waals surface area contributed by atoms with Crippen LogP contribution in [0.3, 0.4) is 0 Å². The Morgan fingerprint density at radius 1 is 0.925 bits per heavy atom. The standard InChI is InChI=1S/C32H20Cl2O6/c1-2-37-21-11-13-26-24(16-21)29(31(40-26)18-6-4-3-5-7-18)32(36)38-22-10-12-23-27(17-22)39-28(30(23)35)14-19-8-9-20(33)15-25(19)34/h3-17H,2H2,1H3/b28-14-. The summed E-state index contributed by atoms with van der Waals surface area (Å²) in [5, 5.41) is 1.43. The number of carbonyl (C=O) groups excluding carboxylic acids is 2. The van der Waals surface area contributed by atoms with Crippen molar-refractivity contribution in [2.45, 2.75) is 6.92 Å². The number of furan rings is 1. The monoisotopic (exact) mass is 570 g/mol. The number of hydrogen-bond donors (Lipinski definition) is 0. The average Bonchev–Trinajstić information content (AvgIpc) is 3.48. The minimum Gasteiger partial charge on any atom is -0.494 e. The molecule has 4 aromatic carbocycles. The van der Waals surface area contributed by atoms with Crippen molar-refractivity contribution in [3.63, 3.8) is 0 Å². The van der Waals surface area contributed by atoms with Gasteiger partial charge >= 0.3 is 5.97 Å². The number of ether oxygens (including phenoxy) is 3. The van der Waals surface area contributed by atoms with Crippen LogP contribution in [0.25, 0.3) is 28.4 Å². The van der Waals surface area contributed by atoms with Crippen molar-refractivity contribution in [2.75, 3.05) is 6.61 Å². The molecule has 0 N–H and O–H groups in total. The van der Waals surface area contributed by atoms with Crippen molar-refractivity contribution in [1.82, 2.24) is 0 Å². The Morgan fingerprint density at radius 3 is 2.50 bits per heavy atom. The topological polar surface area (TPSA) is 75.0 Å². The molecule has 0 amide bonds. The van der Waals surface area contributed by atoms with Crippen LogP contribution < -0.4 is 14.2 Å². The maximum absolute atomic E-state index is 13.6. The fourth-order valence-corrected chi connectivity index (χ4v) is 4.94. The Bertz CT molecular complexity index is 1820. The lowest BCUT2D eigenvalue weighted by atomic mass is 10.1. The van der Waals surface area contributed by atoms with Crippen LogP contribution >= 0.6 is 23.2 Å². The molecule has 40 heavy (non-hydrogen) atoms. The fraction of sp³-hybridized carbons (Fsp3) is 0.0625. The van der Waals surface area contributed by atoms with Gasteiger partial charge in [0.2, 0.25) is 5.78 Å². The van der Waals surface area contributed by atoms with Gasteiger partial charge in [-0.05, 0) is 61.0 Å². The van der Waals surface area contributed by atoms with Crippen LogP contribution in [0.5, 0.6) is 17.2 Å². The van der Waals surface area contributed by atoms with Crippen molar-refractivity contribution < 1.29 is 28.2 Å². The number of ketones is 1. The molecular weight excluding hydrogens is 551 g/mol. The van der Waals surface area contributed by atoms with Crippen molar-refractivity contribution in [3.05, 3.63) is 117 Å². The summed E-state index contributed by atoms with van der Waals surface area (Å²) in [6, 6.07) is 24.2. The van der Waals surface area contributed by atoms with Crippen molar-refractivity contribution in [3.8, 4) is 28.6 Å². The molecule has 0 bridgehead atoms. The summed E-state index contributed by atoms with van der Waals surface area (Å²) in [7, 11) is 0. The fourth-order valence-electron chi connectivity index (χ4n) is 4.48. The van der Waals surface area contributed by atoms with Gasteiger partial charge in [-0.2, -0.15) is 0 Å². The number of halogens is 2. The van der Waals surface area contributed by atoms with E-state index in [9.17, 15) is 9.59 Å². The highest BCUT2D eigenvalue weighted by molar-refractivity contribution is 6.35. The van der Waals surface area contributed by atoms with Crippen LogP contribution in [0.1, 0.15) is 33.2 Å². The maximum atomic E-state index is 13.6. The highest BCUT2D eigenvalue weighted by atomic mass is 35.5. The number of Topliss-reactive ketones (excluding diaryl/α,β-unsaturated/α-hetero) is 1. The first kappa shape index (κ1) is 25.7. The van der Waals surface area contributed by atoms with E-state index < -0.39 is 5.97 Å². The molecule has 6 nitrogen and oxygen atoms in total.